The van der Waals surface area contributed by atoms with Crippen LogP contribution in [0.3, 0.4) is 0 Å². The van der Waals surface area contributed by atoms with Crippen molar-refractivity contribution >= 4 is 17.7 Å². The maximum atomic E-state index is 13.8. The summed E-state index contributed by atoms with van der Waals surface area (Å²) in [6.07, 6.45) is 1.56. The normalized spacial score (nSPS) is 17.9. The average molecular weight is 309 g/mol. The lowest BCUT2D eigenvalue weighted by molar-refractivity contribution is -0.136. The van der Waals surface area contributed by atoms with Gasteiger partial charge >= 0.3 is 12.0 Å². The van der Waals surface area contributed by atoms with Crippen LogP contribution in [0.15, 0.2) is 24.3 Å². The van der Waals surface area contributed by atoms with Crippen molar-refractivity contribution in [2.45, 2.75) is 25.3 Å². The van der Waals surface area contributed by atoms with Gasteiger partial charge in [0.25, 0.3) is 0 Å². The lowest BCUT2D eigenvalue weighted by Crippen LogP contribution is -2.51. The van der Waals surface area contributed by atoms with E-state index in [2.05, 4.69) is 10.6 Å². The van der Waals surface area contributed by atoms with Gasteiger partial charge in [-0.1, -0.05) is 12.1 Å². The first kappa shape index (κ1) is 16.1. The number of piperidine rings is 1. The van der Waals surface area contributed by atoms with Crippen molar-refractivity contribution < 1.29 is 19.1 Å². The molecule has 7 heteroatoms. The predicted octanol–water partition coefficient (Wildman–Crippen LogP) is 1.57. The molecule has 6 nitrogen and oxygen atoms in total. The van der Waals surface area contributed by atoms with E-state index in [1.807, 2.05) is 4.90 Å². The molecule has 1 atom stereocenters. The van der Waals surface area contributed by atoms with Crippen LogP contribution in [0.2, 0.25) is 0 Å². The molecular weight excluding hydrogens is 289 g/mol. The number of hydrogen-bond acceptors (Lipinski definition) is 3. The Morgan fingerprint density at radius 1 is 1.36 bits per heavy atom. The predicted molar refractivity (Wildman–Crippen MR) is 80.4 cm³/mol. The van der Waals surface area contributed by atoms with E-state index in [9.17, 15) is 14.0 Å². The van der Waals surface area contributed by atoms with Gasteiger partial charge in [-0.25, -0.2) is 9.18 Å². The fourth-order valence-electron chi connectivity index (χ4n) is 2.54. The van der Waals surface area contributed by atoms with Crippen LogP contribution in [-0.2, 0) is 4.79 Å². The van der Waals surface area contributed by atoms with Gasteiger partial charge in [0.15, 0.2) is 0 Å². The van der Waals surface area contributed by atoms with E-state index < -0.39 is 5.97 Å². The Labute approximate surface area is 128 Å². The van der Waals surface area contributed by atoms with Crippen molar-refractivity contribution in [2.24, 2.45) is 0 Å². The van der Waals surface area contributed by atoms with Gasteiger partial charge in [-0.3, -0.25) is 4.79 Å². The number of carbonyl (C=O) groups is 2. The van der Waals surface area contributed by atoms with Gasteiger partial charge in [-0.05, 0) is 25.0 Å². The molecule has 0 radical (unpaired) electrons. The molecule has 1 aromatic carbocycles. The third-order valence-corrected chi connectivity index (χ3v) is 3.57. The number of benzene rings is 1. The number of aliphatic carboxylic acids is 1. The number of carboxylic acid groups (broad SMARTS) is 1. The molecule has 0 bridgehead atoms. The fourth-order valence-corrected chi connectivity index (χ4v) is 2.54. The number of carbonyl (C=O) groups excluding carboxylic acids is 1. The lowest BCUT2D eigenvalue weighted by atomic mass is 10.0. The van der Waals surface area contributed by atoms with Crippen LogP contribution in [0.25, 0.3) is 0 Å². The van der Waals surface area contributed by atoms with Crippen molar-refractivity contribution in [3.05, 3.63) is 30.1 Å². The molecule has 0 saturated carbocycles. The third-order valence-electron chi connectivity index (χ3n) is 3.57. The second kappa shape index (κ2) is 7.63. The van der Waals surface area contributed by atoms with E-state index >= 15 is 0 Å². The molecule has 1 unspecified atom stereocenters. The zero-order valence-corrected chi connectivity index (χ0v) is 12.2. The van der Waals surface area contributed by atoms with E-state index in [0.717, 1.165) is 19.4 Å². The highest BCUT2D eigenvalue weighted by atomic mass is 19.1. The van der Waals surface area contributed by atoms with E-state index in [0.29, 0.717) is 12.2 Å². The van der Waals surface area contributed by atoms with Gasteiger partial charge in [0, 0.05) is 25.7 Å². The fraction of sp³-hybridized carbons (Fsp3) is 0.467. The van der Waals surface area contributed by atoms with Crippen molar-refractivity contribution in [1.82, 2.24) is 10.6 Å². The summed E-state index contributed by atoms with van der Waals surface area (Å²) in [4.78, 5) is 24.0. The Kier molecular flexibility index (Phi) is 5.57. The third kappa shape index (κ3) is 4.61. The highest BCUT2D eigenvalue weighted by Gasteiger charge is 2.23. The maximum Gasteiger partial charge on any atom is 0.315 e. The van der Waals surface area contributed by atoms with Crippen molar-refractivity contribution in [2.75, 3.05) is 24.5 Å². The quantitative estimate of drug-likeness (QED) is 0.771. The van der Waals surface area contributed by atoms with Gasteiger partial charge in [0.2, 0.25) is 0 Å². The Morgan fingerprint density at radius 2 is 2.14 bits per heavy atom. The van der Waals surface area contributed by atoms with Crippen molar-refractivity contribution in [1.29, 1.82) is 0 Å². The standard InChI is InChI=1S/C15H20FN3O3/c16-12-5-1-2-6-13(12)19-9-3-4-11(10-19)18-15(22)17-8-7-14(20)21/h1-2,5-6,11H,3-4,7-10H2,(H,20,21)(H2,17,18,22). The molecule has 1 fully saturated rings. The number of para-hydroxylation sites is 1. The maximum absolute atomic E-state index is 13.8. The molecule has 1 saturated heterocycles. The summed E-state index contributed by atoms with van der Waals surface area (Å²) >= 11 is 0. The Morgan fingerprint density at radius 3 is 2.86 bits per heavy atom. The molecule has 1 aliphatic rings. The summed E-state index contributed by atoms with van der Waals surface area (Å²) < 4.78 is 13.8. The number of amides is 2. The number of nitrogens with zero attached hydrogens (tertiary/aromatic N) is 1. The van der Waals surface area contributed by atoms with Crippen LogP contribution in [0, 0.1) is 5.82 Å². The van der Waals surface area contributed by atoms with Gasteiger partial charge in [-0.2, -0.15) is 0 Å². The average Bonchev–Trinajstić information content (AvgIpc) is 2.47. The molecule has 120 valence electrons. The largest absolute Gasteiger partial charge is 0.481 e. The molecule has 1 aliphatic heterocycles. The van der Waals surface area contributed by atoms with Crippen molar-refractivity contribution in [3.8, 4) is 0 Å². The van der Waals surface area contributed by atoms with Crippen LogP contribution in [0.4, 0.5) is 14.9 Å². The Balaban J connectivity index is 1.84. The topological polar surface area (TPSA) is 81.7 Å². The van der Waals surface area contributed by atoms with E-state index in [4.69, 9.17) is 5.11 Å². The summed E-state index contributed by atoms with van der Waals surface area (Å²) in [5.74, 6) is -1.22. The van der Waals surface area contributed by atoms with Gasteiger partial charge in [-0.15, -0.1) is 0 Å². The summed E-state index contributed by atoms with van der Waals surface area (Å²) in [5, 5.41) is 13.8. The molecule has 2 amide bonds. The van der Waals surface area contributed by atoms with Crippen LogP contribution in [-0.4, -0.2) is 42.8 Å². The molecule has 1 heterocycles. The minimum absolute atomic E-state index is 0.0850. The number of nitrogens with one attached hydrogen (secondary N) is 2. The molecule has 2 rings (SSSR count). The Hall–Kier alpha value is -2.31. The minimum atomic E-state index is -0.955. The smallest absolute Gasteiger partial charge is 0.315 e. The van der Waals surface area contributed by atoms with Crippen molar-refractivity contribution in [3.63, 3.8) is 0 Å². The minimum Gasteiger partial charge on any atom is -0.481 e. The monoisotopic (exact) mass is 309 g/mol. The summed E-state index contributed by atoms with van der Waals surface area (Å²) in [7, 11) is 0. The second-order valence-electron chi connectivity index (χ2n) is 5.28. The number of anilines is 1. The van der Waals surface area contributed by atoms with Gasteiger partial charge in [0.1, 0.15) is 5.82 Å². The van der Waals surface area contributed by atoms with E-state index in [1.54, 1.807) is 18.2 Å². The lowest BCUT2D eigenvalue weighted by Gasteiger charge is -2.34. The van der Waals surface area contributed by atoms with E-state index in [-0.39, 0.29) is 30.9 Å². The highest BCUT2D eigenvalue weighted by molar-refractivity contribution is 5.75. The van der Waals surface area contributed by atoms with Crippen LogP contribution < -0.4 is 15.5 Å². The molecule has 0 spiro atoms. The van der Waals surface area contributed by atoms with Gasteiger partial charge < -0.3 is 20.6 Å². The zero-order chi connectivity index (χ0) is 15.9. The zero-order valence-electron chi connectivity index (χ0n) is 12.2. The SMILES string of the molecule is O=C(O)CCNC(=O)NC1CCCN(c2ccccc2F)C1. The number of rotatable bonds is 5. The summed E-state index contributed by atoms with van der Waals surface area (Å²) in [5.41, 5.74) is 0.542. The molecule has 22 heavy (non-hydrogen) atoms. The molecule has 0 aliphatic carbocycles. The first-order chi connectivity index (χ1) is 10.6. The van der Waals surface area contributed by atoms with Crippen LogP contribution in [0.1, 0.15) is 19.3 Å². The molecular formula is C15H20FN3O3. The number of hydrogen-bond donors (Lipinski definition) is 3. The summed E-state index contributed by atoms with van der Waals surface area (Å²) in [6.45, 7) is 1.37. The van der Waals surface area contributed by atoms with E-state index in [1.165, 1.54) is 6.07 Å². The first-order valence-electron chi connectivity index (χ1n) is 7.32. The molecule has 3 N–H and O–H groups in total. The molecule has 0 aromatic heterocycles. The molecule has 1 aromatic rings. The highest BCUT2D eigenvalue weighted by Crippen LogP contribution is 2.22. The first-order valence-corrected chi connectivity index (χ1v) is 7.32. The second-order valence-corrected chi connectivity index (χ2v) is 5.28. The van der Waals surface area contributed by atoms with Crippen LogP contribution in [0.5, 0.6) is 0 Å². The Bertz CT molecular complexity index is 539. The van der Waals surface area contributed by atoms with Gasteiger partial charge in [0.05, 0.1) is 12.1 Å². The number of urea groups is 1. The number of carboxylic acids is 1. The number of halogens is 1. The summed E-state index contributed by atoms with van der Waals surface area (Å²) in [6, 6.07) is 6.11. The van der Waals surface area contributed by atoms with Crippen LogP contribution >= 0.6 is 0 Å².